The van der Waals surface area contributed by atoms with Crippen molar-refractivity contribution in [2.24, 2.45) is 10.7 Å². The number of aliphatic imine (C=N–C) groups is 1. The van der Waals surface area contributed by atoms with Crippen molar-refractivity contribution in [1.29, 1.82) is 0 Å². The van der Waals surface area contributed by atoms with Crippen LogP contribution < -0.4 is 10.6 Å². The Labute approximate surface area is 118 Å². The van der Waals surface area contributed by atoms with Gasteiger partial charge in [-0.1, -0.05) is 25.1 Å². The highest BCUT2D eigenvalue weighted by molar-refractivity contribution is 5.97. The van der Waals surface area contributed by atoms with Gasteiger partial charge in [0.15, 0.2) is 5.96 Å². The van der Waals surface area contributed by atoms with Crippen LogP contribution >= 0.6 is 0 Å². The van der Waals surface area contributed by atoms with Crippen molar-refractivity contribution in [3.05, 3.63) is 48.5 Å². The van der Waals surface area contributed by atoms with E-state index in [1.54, 1.807) is 0 Å². The largest absolute Gasteiger partial charge is 0.369 e. The minimum atomic E-state index is 0.131. The monoisotopic (exact) mass is 269 g/mol. The maximum Gasteiger partial charge on any atom is 0.196 e. The number of aromatic nitrogens is 2. The van der Waals surface area contributed by atoms with E-state index in [0.29, 0.717) is 12.5 Å². The number of anilines is 1. The lowest BCUT2D eigenvalue weighted by molar-refractivity contribution is 0.606. The number of guanidine groups is 1. The van der Waals surface area contributed by atoms with E-state index in [1.165, 1.54) is 5.69 Å². The lowest BCUT2D eigenvalue weighted by Gasteiger charge is -2.27. The number of nitrogens with zero attached hydrogens (tertiary/aromatic N) is 4. The van der Waals surface area contributed by atoms with Crippen LogP contribution in [0.2, 0.25) is 0 Å². The van der Waals surface area contributed by atoms with E-state index < -0.39 is 0 Å². The van der Waals surface area contributed by atoms with Gasteiger partial charge >= 0.3 is 0 Å². The fraction of sp³-hybridized carbons (Fsp3) is 0.333. The van der Waals surface area contributed by atoms with Gasteiger partial charge in [-0.05, 0) is 18.6 Å². The maximum atomic E-state index is 6.08. The molecule has 0 radical (unpaired) electrons. The van der Waals surface area contributed by atoms with E-state index in [9.17, 15) is 0 Å². The molecule has 3 rings (SSSR count). The SMILES string of the molecule is CCCn1cncc1C1CN=C(N)N1c1ccccc1. The zero-order chi connectivity index (χ0) is 13.9. The van der Waals surface area contributed by atoms with Crippen LogP contribution in [0.25, 0.3) is 0 Å². The molecule has 1 aromatic heterocycles. The Morgan fingerprint density at radius 3 is 2.85 bits per heavy atom. The number of hydrogen-bond donors (Lipinski definition) is 1. The summed E-state index contributed by atoms with van der Waals surface area (Å²) < 4.78 is 2.19. The van der Waals surface area contributed by atoms with Gasteiger partial charge in [0, 0.05) is 12.2 Å². The minimum Gasteiger partial charge on any atom is -0.369 e. The van der Waals surface area contributed by atoms with Gasteiger partial charge < -0.3 is 15.2 Å². The molecule has 0 saturated carbocycles. The Kier molecular flexibility index (Phi) is 3.41. The van der Waals surface area contributed by atoms with E-state index in [-0.39, 0.29) is 6.04 Å². The molecule has 5 heteroatoms. The number of nitrogens with two attached hydrogens (primary N) is 1. The Bertz CT molecular complexity index is 602. The lowest BCUT2D eigenvalue weighted by atomic mass is 10.1. The van der Waals surface area contributed by atoms with Crippen molar-refractivity contribution in [1.82, 2.24) is 9.55 Å². The lowest BCUT2D eigenvalue weighted by Crippen LogP contribution is -2.36. The molecule has 1 aliphatic rings. The Hall–Kier alpha value is -2.30. The van der Waals surface area contributed by atoms with Gasteiger partial charge in [-0.25, -0.2) is 4.98 Å². The van der Waals surface area contributed by atoms with Crippen molar-refractivity contribution < 1.29 is 0 Å². The smallest absolute Gasteiger partial charge is 0.196 e. The molecule has 2 heterocycles. The van der Waals surface area contributed by atoms with Gasteiger partial charge in [0.05, 0.1) is 30.8 Å². The fourth-order valence-corrected chi connectivity index (χ4v) is 2.66. The third-order valence-electron chi connectivity index (χ3n) is 3.57. The van der Waals surface area contributed by atoms with Gasteiger partial charge in [-0.15, -0.1) is 0 Å². The van der Waals surface area contributed by atoms with Gasteiger partial charge in [0.1, 0.15) is 0 Å². The van der Waals surface area contributed by atoms with Crippen LogP contribution in [-0.2, 0) is 6.54 Å². The molecule has 0 amide bonds. The summed E-state index contributed by atoms with van der Waals surface area (Å²) >= 11 is 0. The quantitative estimate of drug-likeness (QED) is 0.925. The molecule has 5 nitrogen and oxygen atoms in total. The number of benzene rings is 1. The molecule has 0 aliphatic carbocycles. The summed E-state index contributed by atoms with van der Waals surface area (Å²) in [7, 11) is 0. The van der Waals surface area contributed by atoms with E-state index in [0.717, 1.165) is 18.7 Å². The molecular weight excluding hydrogens is 250 g/mol. The van der Waals surface area contributed by atoms with Crippen LogP contribution in [0.15, 0.2) is 47.8 Å². The number of aryl methyl sites for hydroxylation is 1. The zero-order valence-electron chi connectivity index (χ0n) is 11.6. The predicted octanol–water partition coefficient (Wildman–Crippen LogP) is 2.17. The van der Waals surface area contributed by atoms with E-state index in [2.05, 4.69) is 38.5 Å². The third kappa shape index (κ3) is 2.15. The van der Waals surface area contributed by atoms with Gasteiger partial charge in [0.2, 0.25) is 0 Å². The topological polar surface area (TPSA) is 59.4 Å². The first-order valence-electron chi connectivity index (χ1n) is 6.95. The van der Waals surface area contributed by atoms with Crippen LogP contribution in [0.4, 0.5) is 5.69 Å². The summed E-state index contributed by atoms with van der Waals surface area (Å²) in [4.78, 5) is 10.8. The Morgan fingerprint density at radius 1 is 1.30 bits per heavy atom. The van der Waals surface area contributed by atoms with Crippen molar-refractivity contribution in [2.45, 2.75) is 25.9 Å². The van der Waals surface area contributed by atoms with Crippen LogP contribution in [-0.4, -0.2) is 22.1 Å². The highest BCUT2D eigenvalue weighted by Crippen LogP contribution is 2.30. The summed E-state index contributed by atoms with van der Waals surface area (Å²) in [5.74, 6) is 0.574. The number of imidazole rings is 1. The van der Waals surface area contributed by atoms with Gasteiger partial charge in [-0.3, -0.25) is 4.99 Å². The van der Waals surface area contributed by atoms with Crippen LogP contribution in [0, 0.1) is 0 Å². The summed E-state index contributed by atoms with van der Waals surface area (Å²) in [6, 6.07) is 10.3. The van der Waals surface area contributed by atoms with E-state index in [4.69, 9.17) is 5.73 Å². The third-order valence-corrected chi connectivity index (χ3v) is 3.57. The second-order valence-electron chi connectivity index (χ2n) is 4.93. The highest BCUT2D eigenvalue weighted by Gasteiger charge is 2.30. The second-order valence-corrected chi connectivity index (χ2v) is 4.93. The molecule has 2 N–H and O–H groups in total. The summed E-state index contributed by atoms with van der Waals surface area (Å²) in [5.41, 5.74) is 8.31. The zero-order valence-corrected chi connectivity index (χ0v) is 11.6. The summed E-state index contributed by atoms with van der Waals surface area (Å²) in [6.45, 7) is 3.81. The normalized spacial score (nSPS) is 18.4. The van der Waals surface area contributed by atoms with E-state index >= 15 is 0 Å². The summed E-state index contributed by atoms with van der Waals surface area (Å²) in [6.07, 6.45) is 4.89. The van der Waals surface area contributed by atoms with Crippen molar-refractivity contribution >= 4 is 11.6 Å². The molecule has 0 spiro atoms. The molecule has 2 aromatic rings. The fourth-order valence-electron chi connectivity index (χ4n) is 2.66. The van der Waals surface area contributed by atoms with Crippen molar-refractivity contribution in [2.75, 3.05) is 11.4 Å². The first-order valence-corrected chi connectivity index (χ1v) is 6.95. The molecule has 0 fully saturated rings. The van der Waals surface area contributed by atoms with Crippen LogP contribution in [0.1, 0.15) is 25.1 Å². The number of hydrogen-bond acceptors (Lipinski definition) is 4. The van der Waals surface area contributed by atoms with Crippen molar-refractivity contribution in [3.8, 4) is 0 Å². The molecule has 1 aromatic carbocycles. The molecule has 1 atom stereocenters. The molecule has 1 aliphatic heterocycles. The maximum absolute atomic E-state index is 6.08. The molecular formula is C15H19N5. The standard InChI is InChI=1S/C15H19N5/c1-2-8-19-11-17-9-13(19)14-10-18-15(16)20(14)12-6-4-3-5-7-12/h3-7,9,11,14H,2,8,10H2,1H3,(H2,16,18). The molecule has 104 valence electrons. The number of rotatable bonds is 4. The average molecular weight is 269 g/mol. The molecule has 20 heavy (non-hydrogen) atoms. The van der Waals surface area contributed by atoms with E-state index in [1.807, 2.05) is 30.7 Å². The second kappa shape index (κ2) is 5.36. The first kappa shape index (κ1) is 12.7. The van der Waals surface area contributed by atoms with Crippen molar-refractivity contribution in [3.63, 3.8) is 0 Å². The molecule has 0 bridgehead atoms. The summed E-state index contributed by atoms with van der Waals surface area (Å²) in [5, 5.41) is 0. The highest BCUT2D eigenvalue weighted by atomic mass is 15.3. The molecule has 0 saturated heterocycles. The first-order chi connectivity index (χ1) is 9.81. The Balaban J connectivity index is 1.95. The minimum absolute atomic E-state index is 0.131. The Morgan fingerprint density at radius 2 is 2.10 bits per heavy atom. The predicted molar refractivity (Wildman–Crippen MR) is 80.7 cm³/mol. The molecule has 1 unspecified atom stereocenters. The van der Waals surface area contributed by atoms with Crippen LogP contribution in [0.3, 0.4) is 0 Å². The van der Waals surface area contributed by atoms with Crippen LogP contribution in [0.5, 0.6) is 0 Å². The number of para-hydroxylation sites is 1. The van der Waals surface area contributed by atoms with Gasteiger partial charge in [-0.2, -0.15) is 0 Å². The average Bonchev–Trinajstić information content (AvgIpc) is 3.06. The van der Waals surface area contributed by atoms with Gasteiger partial charge in [0.25, 0.3) is 0 Å².